The molecule has 0 spiro atoms. The largest absolute Gasteiger partial charge is 0.497 e. The van der Waals surface area contributed by atoms with Crippen LogP contribution in [0.4, 0.5) is 0 Å². The van der Waals surface area contributed by atoms with Crippen molar-refractivity contribution >= 4 is 0 Å². The van der Waals surface area contributed by atoms with Crippen molar-refractivity contribution in [1.82, 2.24) is 9.80 Å². The third-order valence-corrected chi connectivity index (χ3v) is 5.44. The summed E-state index contributed by atoms with van der Waals surface area (Å²) in [6.07, 6.45) is 1.12. The van der Waals surface area contributed by atoms with E-state index in [-0.39, 0.29) is 6.23 Å². The van der Waals surface area contributed by atoms with Crippen LogP contribution in [-0.4, -0.2) is 56.4 Å². The van der Waals surface area contributed by atoms with Crippen molar-refractivity contribution in [3.8, 4) is 11.5 Å². The molecule has 2 aromatic rings. The first-order chi connectivity index (χ1) is 12.2. The summed E-state index contributed by atoms with van der Waals surface area (Å²) in [5.41, 5.74) is 2.58. The zero-order chi connectivity index (χ0) is 17.2. The van der Waals surface area contributed by atoms with Crippen molar-refractivity contribution in [3.63, 3.8) is 0 Å². The third kappa shape index (κ3) is 3.37. The van der Waals surface area contributed by atoms with Gasteiger partial charge < -0.3 is 14.4 Å². The fourth-order valence-corrected chi connectivity index (χ4v) is 3.89. The van der Waals surface area contributed by atoms with Crippen LogP contribution < -0.4 is 9.47 Å². The summed E-state index contributed by atoms with van der Waals surface area (Å²) in [7, 11) is 3.91. The van der Waals surface area contributed by atoms with Gasteiger partial charge in [-0.1, -0.05) is 30.3 Å². The highest BCUT2D eigenvalue weighted by atomic mass is 16.5. The van der Waals surface area contributed by atoms with E-state index in [0.29, 0.717) is 5.92 Å². The highest BCUT2D eigenvalue weighted by Crippen LogP contribution is 2.42. The number of methoxy groups -OCH3 is 1. The van der Waals surface area contributed by atoms with Gasteiger partial charge in [0.25, 0.3) is 0 Å². The average molecular weight is 338 g/mol. The van der Waals surface area contributed by atoms with Crippen LogP contribution in [0.3, 0.4) is 0 Å². The Labute approximate surface area is 150 Å². The topological polar surface area (TPSA) is 24.9 Å². The summed E-state index contributed by atoms with van der Waals surface area (Å²) >= 11 is 0. The van der Waals surface area contributed by atoms with E-state index in [1.165, 1.54) is 11.1 Å². The van der Waals surface area contributed by atoms with Crippen LogP contribution in [0, 0.1) is 0 Å². The molecule has 4 nitrogen and oxygen atoms in total. The molecular weight excluding hydrogens is 312 g/mol. The Morgan fingerprint density at radius 1 is 1.00 bits per heavy atom. The Bertz CT molecular complexity index is 711. The van der Waals surface area contributed by atoms with Crippen molar-refractivity contribution in [2.75, 3.05) is 40.3 Å². The van der Waals surface area contributed by atoms with Gasteiger partial charge in [-0.2, -0.15) is 0 Å². The molecule has 0 N–H and O–H groups in total. The summed E-state index contributed by atoms with van der Waals surface area (Å²) in [4.78, 5) is 4.87. The smallest absolute Gasteiger partial charge is 0.153 e. The highest BCUT2D eigenvalue weighted by molar-refractivity contribution is 5.48. The molecule has 0 bridgehead atoms. The molecule has 2 atom stereocenters. The number of benzene rings is 2. The Hall–Kier alpha value is -2.04. The average Bonchev–Trinajstić information content (AvgIpc) is 2.68. The highest BCUT2D eigenvalue weighted by Gasteiger charge is 2.34. The fraction of sp³-hybridized carbons (Fsp3) is 0.429. The molecule has 132 valence electrons. The molecule has 2 aromatic carbocycles. The molecule has 2 unspecified atom stereocenters. The van der Waals surface area contributed by atoms with Gasteiger partial charge in [-0.15, -0.1) is 0 Å². The first-order valence-electron chi connectivity index (χ1n) is 9.07. The second-order valence-electron chi connectivity index (χ2n) is 7.01. The van der Waals surface area contributed by atoms with Gasteiger partial charge in [-0.05, 0) is 30.8 Å². The molecular formula is C21H26N2O2. The number of hydrogen-bond donors (Lipinski definition) is 0. The Morgan fingerprint density at radius 2 is 1.76 bits per heavy atom. The lowest BCUT2D eigenvalue weighted by atomic mass is 9.85. The summed E-state index contributed by atoms with van der Waals surface area (Å²) in [5, 5.41) is 0. The van der Waals surface area contributed by atoms with Gasteiger partial charge in [0.2, 0.25) is 0 Å². The fourth-order valence-electron chi connectivity index (χ4n) is 3.89. The lowest BCUT2D eigenvalue weighted by Gasteiger charge is -2.42. The van der Waals surface area contributed by atoms with E-state index in [9.17, 15) is 0 Å². The van der Waals surface area contributed by atoms with Gasteiger partial charge in [-0.25, -0.2) is 0 Å². The van der Waals surface area contributed by atoms with E-state index >= 15 is 0 Å². The second-order valence-corrected chi connectivity index (χ2v) is 7.01. The number of ether oxygens (including phenoxy) is 2. The van der Waals surface area contributed by atoms with Gasteiger partial charge in [-0.3, -0.25) is 4.90 Å². The van der Waals surface area contributed by atoms with Gasteiger partial charge in [0, 0.05) is 44.1 Å². The minimum absolute atomic E-state index is 0.139. The van der Waals surface area contributed by atoms with Crippen molar-refractivity contribution < 1.29 is 9.47 Å². The summed E-state index contributed by atoms with van der Waals surface area (Å²) in [6.45, 7) is 4.33. The van der Waals surface area contributed by atoms with Gasteiger partial charge in [0.1, 0.15) is 11.5 Å². The van der Waals surface area contributed by atoms with E-state index in [2.05, 4.69) is 59.3 Å². The van der Waals surface area contributed by atoms with E-state index in [4.69, 9.17) is 9.47 Å². The maximum Gasteiger partial charge on any atom is 0.153 e. The van der Waals surface area contributed by atoms with Crippen LogP contribution in [0.2, 0.25) is 0 Å². The van der Waals surface area contributed by atoms with Crippen molar-refractivity contribution in [1.29, 1.82) is 0 Å². The lowest BCUT2D eigenvalue weighted by molar-refractivity contribution is -0.0190. The van der Waals surface area contributed by atoms with Gasteiger partial charge in [0.15, 0.2) is 6.23 Å². The molecule has 1 saturated heterocycles. The lowest BCUT2D eigenvalue weighted by Crippen LogP contribution is -2.52. The van der Waals surface area contributed by atoms with Crippen molar-refractivity contribution in [2.45, 2.75) is 18.6 Å². The Kier molecular flexibility index (Phi) is 4.64. The quantitative estimate of drug-likeness (QED) is 0.858. The van der Waals surface area contributed by atoms with Crippen molar-refractivity contribution in [2.24, 2.45) is 0 Å². The molecule has 2 aliphatic heterocycles. The maximum atomic E-state index is 6.41. The first-order valence-corrected chi connectivity index (χ1v) is 9.07. The number of likely N-dealkylation sites (N-methyl/N-ethyl adjacent to an activating group) is 1. The predicted octanol–water partition coefficient (Wildman–Crippen LogP) is 3.18. The zero-order valence-corrected chi connectivity index (χ0v) is 15.0. The SMILES string of the molecule is COc1ccc2c(c1)C(c1ccccc1)CC(N1CCN(C)CC1)O2. The molecule has 0 aliphatic carbocycles. The van der Waals surface area contributed by atoms with Crippen LogP contribution >= 0.6 is 0 Å². The molecule has 0 amide bonds. The molecule has 4 heteroatoms. The number of nitrogens with zero attached hydrogens (tertiary/aromatic N) is 2. The number of rotatable bonds is 3. The summed E-state index contributed by atoms with van der Waals surface area (Å²) < 4.78 is 11.9. The molecule has 0 aromatic heterocycles. The summed E-state index contributed by atoms with van der Waals surface area (Å²) in [5.74, 6) is 2.22. The van der Waals surface area contributed by atoms with Crippen molar-refractivity contribution in [3.05, 3.63) is 59.7 Å². The standard InChI is InChI=1S/C21H26N2O2/c1-22-10-12-23(13-11-22)21-15-18(16-6-4-3-5-7-16)19-14-17(24-2)8-9-20(19)25-21/h3-9,14,18,21H,10-13,15H2,1-2H3. The van der Waals surface area contributed by atoms with Crippen LogP contribution in [0.25, 0.3) is 0 Å². The zero-order valence-electron chi connectivity index (χ0n) is 15.0. The molecule has 2 heterocycles. The summed E-state index contributed by atoms with van der Waals surface area (Å²) in [6, 6.07) is 17.0. The Balaban J connectivity index is 1.67. The minimum atomic E-state index is 0.139. The van der Waals surface area contributed by atoms with Crippen LogP contribution in [0.1, 0.15) is 23.5 Å². The second kappa shape index (κ2) is 7.06. The number of hydrogen-bond acceptors (Lipinski definition) is 4. The van der Waals surface area contributed by atoms with Crippen LogP contribution in [-0.2, 0) is 0 Å². The third-order valence-electron chi connectivity index (χ3n) is 5.44. The van der Waals surface area contributed by atoms with Gasteiger partial charge >= 0.3 is 0 Å². The van der Waals surface area contributed by atoms with E-state index in [1.54, 1.807) is 7.11 Å². The van der Waals surface area contributed by atoms with Crippen LogP contribution in [0.15, 0.2) is 48.5 Å². The Morgan fingerprint density at radius 3 is 2.48 bits per heavy atom. The molecule has 1 fully saturated rings. The molecule has 0 saturated carbocycles. The maximum absolute atomic E-state index is 6.41. The molecule has 25 heavy (non-hydrogen) atoms. The minimum Gasteiger partial charge on any atom is -0.497 e. The predicted molar refractivity (Wildman–Crippen MR) is 99.4 cm³/mol. The van der Waals surface area contributed by atoms with E-state index in [1.807, 2.05) is 6.07 Å². The van der Waals surface area contributed by atoms with Gasteiger partial charge in [0.05, 0.1) is 7.11 Å². The van der Waals surface area contributed by atoms with Crippen LogP contribution in [0.5, 0.6) is 11.5 Å². The molecule has 2 aliphatic rings. The normalized spacial score (nSPS) is 24.4. The monoisotopic (exact) mass is 338 g/mol. The van der Waals surface area contributed by atoms with E-state index in [0.717, 1.165) is 44.1 Å². The first kappa shape index (κ1) is 16.4. The molecule has 0 radical (unpaired) electrons. The molecule has 4 rings (SSSR count). The number of piperazine rings is 1. The van der Waals surface area contributed by atoms with E-state index < -0.39 is 0 Å². The number of fused-ring (bicyclic) bond motifs is 1.